The van der Waals surface area contributed by atoms with E-state index in [0.717, 1.165) is 103 Å². The third kappa shape index (κ3) is 44.9. The van der Waals surface area contributed by atoms with Crippen molar-refractivity contribution in [2.75, 3.05) is 40.9 Å². The predicted octanol–water partition coefficient (Wildman–Crippen LogP) is 14.4. The van der Waals surface area contributed by atoms with Gasteiger partial charge in [0.05, 0.1) is 33.8 Å². The van der Waals surface area contributed by atoms with Gasteiger partial charge >= 0.3 is 5.97 Å². The molecular weight excluding hydrogens is 808 g/mol. The van der Waals surface area contributed by atoms with E-state index in [9.17, 15) is 19.0 Å². The molecule has 0 saturated carbocycles. The van der Waals surface area contributed by atoms with Crippen LogP contribution in [0.2, 0.25) is 0 Å². The van der Waals surface area contributed by atoms with Gasteiger partial charge in [-0.2, -0.15) is 0 Å². The number of hydrogen-bond donors (Lipinski definition) is 1. The Morgan fingerprint density at radius 1 is 0.556 bits per heavy atom. The standard InChI is InChI=1S/C53H99N2O7P/c1-7-10-13-16-19-22-25-26-27-28-31-34-37-40-43-46-53(57)62-51(44-41-38-35-32-29-23-20-17-14-11-8-2)50(49-61-63(58,59)60-48-47-55(4,5)6)54-52(56)45-42-39-36-33-30-24-21-18-15-12-9-3/h18-19,21-22,25-26,41,44,50-51H,7-17,20,23-24,27-40,42-43,45-49H2,1-6H3,(H-,54,56,58,59)/b21-18-,22-19+,26-25+,44-41+. The molecule has 0 heterocycles. The van der Waals surface area contributed by atoms with Crippen LogP contribution in [-0.2, 0) is 27.9 Å². The average Bonchev–Trinajstić information content (AvgIpc) is 3.23. The minimum absolute atomic E-state index is 0.0264. The van der Waals surface area contributed by atoms with Crippen LogP contribution in [0.1, 0.15) is 226 Å². The molecule has 0 aromatic carbocycles. The van der Waals surface area contributed by atoms with Crippen LogP contribution in [0.4, 0.5) is 0 Å². The van der Waals surface area contributed by atoms with Gasteiger partial charge in [0.25, 0.3) is 7.82 Å². The second-order valence-electron chi connectivity index (χ2n) is 18.7. The van der Waals surface area contributed by atoms with Gasteiger partial charge in [0.15, 0.2) is 0 Å². The number of esters is 1. The second kappa shape index (κ2) is 43.8. The van der Waals surface area contributed by atoms with Gasteiger partial charge in [-0.25, -0.2) is 0 Å². The van der Waals surface area contributed by atoms with Crippen LogP contribution >= 0.6 is 7.82 Å². The van der Waals surface area contributed by atoms with Crippen LogP contribution in [0.25, 0.3) is 0 Å². The van der Waals surface area contributed by atoms with Crippen molar-refractivity contribution >= 4 is 19.7 Å². The molecule has 0 aliphatic carbocycles. The van der Waals surface area contributed by atoms with Crippen molar-refractivity contribution in [2.24, 2.45) is 0 Å². The highest BCUT2D eigenvalue weighted by Crippen LogP contribution is 2.38. The number of carbonyl (C=O) groups excluding carboxylic acids is 2. The Morgan fingerprint density at radius 2 is 0.984 bits per heavy atom. The van der Waals surface area contributed by atoms with Crippen molar-refractivity contribution in [2.45, 2.75) is 238 Å². The molecule has 0 fully saturated rings. The molecule has 0 spiro atoms. The first-order chi connectivity index (χ1) is 30.4. The van der Waals surface area contributed by atoms with Crippen molar-refractivity contribution in [1.29, 1.82) is 0 Å². The van der Waals surface area contributed by atoms with Crippen LogP contribution in [0.5, 0.6) is 0 Å². The van der Waals surface area contributed by atoms with Crippen LogP contribution in [0, 0.1) is 0 Å². The van der Waals surface area contributed by atoms with Crippen molar-refractivity contribution in [3.05, 3.63) is 48.6 Å². The number of unbranched alkanes of at least 4 members (excludes halogenated alkanes) is 25. The molecule has 1 amide bonds. The molecule has 0 radical (unpaired) electrons. The number of nitrogens with zero attached hydrogens (tertiary/aromatic N) is 1. The first-order valence-electron chi connectivity index (χ1n) is 26.0. The van der Waals surface area contributed by atoms with E-state index in [1.807, 2.05) is 33.3 Å². The van der Waals surface area contributed by atoms with Gasteiger partial charge in [0.1, 0.15) is 19.3 Å². The maximum atomic E-state index is 13.4. The number of rotatable bonds is 46. The Kier molecular flexibility index (Phi) is 42.4. The summed E-state index contributed by atoms with van der Waals surface area (Å²) in [5.74, 6) is -0.568. The Hall–Kier alpha value is -2.03. The number of carbonyl (C=O) groups is 2. The highest BCUT2D eigenvalue weighted by atomic mass is 31.2. The Bertz CT molecular complexity index is 1230. The quantitative estimate of drug-likeness (QED) is 0.0162. The number of ether oxygens (including phenoxy) is 1. The lowest BCUT2D eigenvalue weighted by atomic mass is 10.1. The number of phosphoric ester groups is 1. The SMILES string of the molecule is CCCC/C=C\CCCCCCCC(=O)NC(COP(=O)([O-])OCC[N+](C)(C)C)C(/C=C/CCCCCCCCCCC)OC(=O)CCCCCCCC/C=C/C=C/CCCCC. The molecule has 3 atom stereocenters. The van der Waals surface area contributed by atoms with E-state index >= 15 is 0 Å². The molecule has 9 nitrogen and oxygen atoms in total. The molecular formula is C53H99N2O7P. The van der Waals surface area contributed by atoms with E-state index < -0.39 is 26.6 Å². The molecule has 0 bridgehead atoms. The summed E-state index contributed by atoms with van der Waals surface area (Å²) in [4.78, 5) is 39.6. The van der Waals surface area contributed by atoms with E-state index in [0.29, 0.717) is 17.4 Å². The lowest BCUT2D eigenvalue weighted by Crippen LogP contribution is -2.47. The molecule has 3 unspecified atom stereocenters. The summed E-state index contributed by atoms with van der Waals surface area (Å²) in [6.07, 6.45) is 50.7. The van der Waals surface area contributed by atoms with E-state index in [1.165, 1.54) is 89.9 Å². The zero-order valence-electron chi connectivity index (χ0n) is 41.8. The molecule has 10 heteroatoms. The summed E-state index contributed by atoms with van der Waals surface area (Å²) in [6.45, 7) is 6.73. The van der Waals surface area contributed by atoms with Crippen LogP contribution in [0.15, 0.2) is 48.6 Å². The molecule has 368 valence electrons. The Morgan fingerprint density at radius 3 is 1.52 bits per heavy atom. The minimum atomic E-state index is -4.69. The monoisotopic (exact) mass is 907 g/mol. The zero-order valence-corrected chi connectivity index (χ0v) is 42.7. The zero-order chi connectivity index (χ0) is 46.5. The predicted molar refractivity (Wildman–Crippen MR) is 266 cm³/mol. The molecule has 63 heavy (non-hydrogen) atoms. The van der Waals surface area contributed by atoms with Crippen LogP contribution in [0.3, 0.4) is 0 Å². The fourth-order valence-electron chi connectivity index (χ4n) is 7.14. The highest BCUT2D eigenvalue weighted by Gasteiger charge is 2.27. The fourth-order valence-corrected chi connectivity index (χ4v) is 7.86. The number of quaternary nitrogens is 1. The lowest BCUT2D eigenvalue weighted by molar-refractivity contribution is -0.870. The van der Waals surface area contributed by atoms with E-state index in [1.54, 1.807) is 0 Å². The lowest BCUT2D eigenvalue weighted by Gasteiger charge is -2.30. The topological polar surface area (TPSA) is 114 Å². The van der Waals surface area contributed by atoms with E-state index in [4.69, 9.17) is 13.8 Å². The maximum absolute atomic E-state index is 13.4. The van der Waals surface area contributed by atoms with Crippen LogP contribution < -0.4 is 10.2 Å². The number of allylic oxidation sites excluding steroid dienone is 7. The molecule has 0 aromatic rings. The number of phosphoric acid groups is 1. The normalized spacial score (nSPS) is 14.3. The summed E-state index contributed by atoms with van der Waals surface area (Å²) < 4.78 is 30.1. The van der Waals surface area contributed by atoms with Crippen molar-refractivity contribution in [1.82, 2.24) is 5.32 Å². The van der Waals surface area contributed by atoms with Crippen molar-refractivity contribution in [3.63, 3.8) is 0 Å². The molecule has 1 N–H and O–H groups in total. The van der Waals surface area contributed by atoms with E-state index in [2.05, 4.69) is 62.5 Å². The molecule has 0 rings (SSSR count). The Balaban J connectivity index is 5.43. The third-order valence-electron chi connectivity index (χ3n) is 11.3. The Labute approximate surface area is 388 Å². The van der Waals surface area contributed by atoms with E-state index in [-0.39, 0.29) is 24.9 Å². The minimum Gasteiger partial charge on any atom is -0.756 e. The molecule has 0 aliphatic heterocycles. The summed E-state index contributed by atoms with van der Waals surface area (Å²) in [6, 6.07) is -0.893. The van der Waals surface area contributed by atoms with Gasteiger partial charge in [-0.1, -0.05) is 185 Å². The largest absolute Gasteiger partial charge is 0.756 e. The number of nitrogens with one attached hydrogen (secondary N) is 1. The highest BCUT2D eigenvalue weighted by molar-refractivity contribution is 7.45. The van der Waals surface area contributed by atoms with Crippen LogP contribution in [-0.4, -0.2) is 69.4 Å². The second-order valence-corrected chi connectivity index (χ2v) is 20.1. The summed E-state index contributed by atoms with van der Waals surface area (Å²) in [5.41, 5.74) is 0. The van der Waals surface area contributed by atoms with Crippen molar-refractivity contribution in [3.8, 4) is 0 Å². The van der Waals surface area contributed by atoms with Gasteiger partial charge in [-0.05, 0) is 76.7 Å². The molecule has 0 saturated heterocycles. The average molecular weight is 907 g/mol. The smallest absolute Gasteiger partial charge is 0.306 e. The summed E-state index contributed by atoms with van der Waals surface area (Å²) >= 11 is 0. The number of amides is 1. The third-order valence-corrected chi connectivity index (χ3v) is 12.2. The first kappa shape index (κ1) is 61.0. The fraction of sp³-hybridized carbons (Fsp3) is 0.811. The summed E-state index contributed by atoms with van der Waals surface area (Å²) in [7, 11) is 1.17. The van der Waals surface area contributed by atoms with Crippen molar-refractivity contribution < 1.29 is 37.3 Å². The van der Waals surface area contributed by atoms with Gasteiger partial charge in [0, 0.05) is 12.8 Å². The van der Waals surface area contributed by atoms with Gasteiger partial charge < -0.3 is 28.5 Å². The molecule has 0 aromatic heterocycles. The molecule has 0 aliphatic rings. The first-order valence-corrected chi connectivity index (χ1v) is 27.4. The summed E-state index contributed by atoms with van der Waals surface area (Å²) in [5, 5.41) is 2.99. The maximum Gasteiger partial charge on any atom is 0.306 e. The number of hydrogen-bond acceptors (Lipinski definition) is 7. The number of likely N-dealkylation sites (N-methyl/N-ethyl adjacent to an activating group) is 1. The van der Waals surface area contributed by atoms with Gasteiger partial charge in [0.2, 0.25) is 5.91 Å². The van der Waals surface area contributed by atoms with Gasteiger partial charge in [-0.3, -0.25) is 14.2 Å². The van der Waals surface area contributed by atoms with Gasteiger partial charge in [-0.15, -0.1) is 0 Å².